The molecule has 4 heteroatoms. The summed E-state index contributed by atoms with van der Waals surface area (Å²) in [5, 5.41) is 0. The second kappa shape index (κ2) is 3.95. The van der Waals surface area contributed by atoms with Gasteiger partial charge in [0.1, 0.15) is 11.5 Å². The van der Waals surface area contributed by atoms with Gasteiger partial charge in [-0.1, -0.05) is 41.7 Å². The van der Waals surface area contributed by atoms with E-state index in [4.69, 9.17) is 4.74 Å². The molecule has 0 unspecified atom stereocenters. The molecule has 3 aromatic carbocycles. The van der Waals surface area contributed by atoms with Gasteiger partial charge >= 0.3 is 0 Å². The van der Waals surface area contributed by atoms with Gasteiger partial charge in [-0.2, -0.15) is 0 Å². The van der Waals surface area contributed by atoms with Crippen molar-refractivity contribution in [2.45, 2.75) is 19.6 Å². The van der Waals surface area contributed by atoms with Crippen LogP contribution in [0.15, 0.2) is 74.2 Å². The Kier molecular flexibility index (Phi) is 2.11. The van der Waals surface area contributed by atoms with Crippen molar-refractivity contribution in [1.29, 1.82) is 0 Å². The summed E-state index contributed by atoms with van der Waals surface area (Å²) in [7, 11) is 0. The number of rotatable bonds is 0. The van der Waals surface area contributed by atoms with Crippen LogP contribution in [0.4, 0.5) is 0 Å². The van der Waals surface area contributed by atoms with Gasteiger partial charge in [0.2, 0.25) is 0 Å². The molecule has 0 amide bonds. The van der Waals surface area contributed by atoms with E-state index in [1.165, 1.54) is 36.0 Å². The fourth-order valence-electron chi connectivity index (χ4n) is 3.75. The molecule has 22 heavy (non-hydrogen) atoms. The second-order valence-electron chi connectivity index (χ2n) is 5.74. The SMILES string of the molecule is c1cc2c3c(c1)Sc1cccc4c1B3c1c(cccc1S4)O2. The van der Waals surface area contributed by atoms with Gasteiger partial charge in [-0.25, -0.2) is 0 Å². The minimum Gasteiger partial charge on any atom is -0.458 e. The number of hydrogen-bond acceptors (Lipinski definition) is 3. The zero-order valence-electron chi connectivity index (χ0n) is 11.5. The van der Waals surface area contributed by atoms with Crippen molar-refractivity contribution >= 4 is 46.6 Å². The fourth-order valence-corrected chi connectivity index (χ4v) is 6.20. The molecule has 102 valence electrons. The van der Waals surface area contributed by atoms with Crippen LogP contribution in [0, 0.1) is 0 Å². The highest BCUT2D eigenvalue weighted by atomic mass is 32.2. The standard InChI is InChI=1S/C18H9BOS2/c1-4-10-16-12(6-1)21-14-8-3-9-15-18(14)19(16)17-11(20-10)5-2-7-13(17)22-15/h1-9H. The Morgan fingerprint density at radius 3 is 1.59 bits per heavy atom. The molecule has 3 aliphatic heterocycles. The first kappa shape index (κ1) is 11.7. The molecule has 0 fully saturated rings. The molecule has 0 spiro atoms. The minimum absolute atomic E-state index is 0.333. The average Bonchev–Trinajstić information content (AvgIpc) is 2.55. The highest BCUT2D eigenvalue weighted by Gasteiger charge is 2.43. The molecule has 1 nitrogen and oxygen atoms in total. The molecule has 0 N–H and O–H groups in total. The minimum atomic E-state index is 0.333. The van der Waals surface area contributed by atoms with E-state index in [9.17, 15) is 0 Å². The van der Waals surface area contributed by atoms with E-state index in [-0.39, 0.29) is 0 Å². The van der Waals surface area contributed by atoms with Crippen LogP contribution in [0.3, 0.4) is 0 Å². The predicted molar refractivity (Wildman–Crippen MR) is 92.3 cm³/mol. The summed E-state index contributed by atoms with van der Waals surface area (Å²) in [6.45, 7) is 0.333. The Balaban J connectivity index is 1.80. The molecule has 3 aromatic rings. The summed E-state index contributed by atoms with van der Waals surface area (Å²) in [4.78, 5) is 5.45. The summed E-state index contributed by atoms with van der Waals surface area (Å²) in [6.07, 6.45) is 0. The van der Waals surface area contributed by atoms with E-state index >= 15 is 0 Å². The zero-order valence-corrected chi connectivity index (χ0v) is 13.1. The third-order valence-electron chi connectivity index (χ3n) is 4.60. The van der Waals surface area contributed by atoms with Crippen LogP contribution < -0.4 is 21.1 Å². The number of ether oxygens (including phenoxy) is 1. The molecule has 0 saturated carbocycles. The van der Waals surface area contributed by atoms with Crippen LogP contribution in [0.25, 0.3) is 0 Å². The summed E-state index contributed by atoms with van der Waals surface area (Å²) in [6, 6.07) is 19.5. The maximum absolute atomic E-state index is 6.22. The lowest BCUT2D eigenvalue weighted by Gasteiger charge is -2.37. The normalized spacial score (nSPS) is 15.2. The first-order valence-corrected chi connectivity index (χ1v) is 8.96. The van der Waals surface area contributed by atoms with Gasteiger partial charge in [0.05, 0.1) is 0 Å². The number of hydrogen-bond donors (Lipinski definition) is 0. The lowest BCUT2D eigenvalue weighted by Crippen LogP contribution is -2.60. The van der Waals surface area contributed by atoms with Gasteiger partial charge in [0, 0.05) is 19.6 Å². The Labute approximate surface area is 137 Å². The van der Waals surface area contributed by atoms with Gasteiger partial charge < -0.3 is 4.74 Å². The molecule has 3 heterocycles. The third-order valence-corrected chi connectivity index (χ3v) is 6.91. The molecule has 3 aliphatic rings. The quantitative estimate of drug-likeness (QED) is 0.398. The van der Waals surface area contributed by atoms with Crippen molar-refractivity contribution < 1.29 is 4.74 Å². The van der Waals surface area contributed by atoms with Gasteiger partial charge in [0.15, 0.2) is 0 Å². The molecule has 6 rings (SSSR count). The van der Waals surface area contributed by atoms with E-state index in [1.54, 1.807) is 0 Å². The monoisotopic (exact) mass is 316 g/mol. The lowest BCUT2D eigenvalue weighted by molar-refractivity contribution is 0.485. The molecule has 0 saturated heterocycles. The van der Waals surface area contributed by atoms with E-state index in [1.807, 2.05) is 23.5 Å². The van der Waals surface area contributed by atoms with Crippen molar-refractivity contribution in [3.63, 3.8) is 0 Å². The average molecular weight is 316 g/mol. The molecule has 0 bridgehead atoms. The summed E-state index contributed by atoms with van der Waals surface area (Å²) in [5.74, 6) is 2.04. The predicted octanol–water partition coefficient (Wildman–Crippen LogP) is 3.24. The van der Waals surface area contributed by atoms with Crippen LogP contribution in [0.1, 0.15) is 0 Å². The van der Waals surface area contributed by atoms with Crippen LogP contribution in [0.2, 0.25) is 0 Å². The fraction of sp³-hybridized carbons (Fsp3) is 0. The van der Waals surface area contributed by atoms with Crippen molar-refractivity contribution in [3.8, 4) is 11.5 Å². The Hall–Kier alpha value is -1.78. The molecule has 0 aliphatic carbocycles. The molecule has 0 aromatic heterocycles. The van der Waals surface area contributed by atoms with Crippen LogP contribution in [0.5, 0.6) is 11.5 Å². The highest BCUT2D eigenvalue weighted by molar-refractivity contribution is 8.01. The van der Waals surface area contributed by atoms with E-state index in [2.05, 4.69) is 54.6 Å². The Morgan fingerprint density at radius 2 is 1.05 bits per heavy atom. The first-order chi connectivity index (χ1) is 10.9. The van der Waals surface area contributed by atoms with Gasteiger partial charge in [0.25, 0.3) is 6.71 Å². The third kappa shape index (κ3) is 1.31. The lowest BCUT2D eigenvalue weighted by atomic mass is 9.35. The largest absolute Gasteiger partial charge is 0.458 e. The van der Waals surface area contributed by atoms with E-state index < -0.39 is 0 Å². The maximum Gasteiger partial charge on any atom is 0.256 e. The molecular formula is C18H9BOS2. The van der Waals surface area contributed by atoms with Gasteiger partial charge in [-0.15, -0.1) is 0 Å². The molecular weight excluding hydrogens is 307 g/mol. The van der Waals surface area contributed by atoms with Crippen molar-refractivity contribution in [2.24, 2.45) is 0 Å². The summed E-state index contributed by atoms with van der Waals surface area (Å²) >= 11 is 3.75. The van der Waals surface area contributed by atoms with Crippen molar-refractivity contribution in [1.82, 2.24) is 0 Å². The second-order valence-corrected chi connectivity index (χ2v) is 7.91. The van der Waals surface area contributed by atoms with Crippen LogP contribution >= 0.6 is 23.5 Å². The zero-order chi connectivity index (χ0) is 14.3. The molecule has 0 atom stereocenters. The smallest absolute Gasteiger partial charge is 0.256 e. The van der Waals surface area contributed by atoms with Crippen molar-refractivity contribution in [2.75, 3.05) is 0 Å². The van der Waals surface area contributed by atoms with Gasteiger partial charge in [-0.05, 0) is 52.8 Å². The Morgan fingerprint density at radius 1 is 0.591 bits per heavy atom. The molecule has 0 radical (unpaired) electrons. The Bertz CT molecular complexity index is 795. The van der Waals surface area contributed by atoms with Crippen molar-refractivity contribution in [3.05, 3.63) is 54.6 Å². The summed E-state index contributed by atoms with van der Waals surface area (Å²) in [5.41, 5.74) is 4.18. The summed E-state index contributed by atoms with van der Waals surface area (Å²) < 4.78 is 6.22. The van der Waals surface area contributed by atoms with E-state index in [0.29, 0.717) is 6.71 Å². The topological polar surface area (TPSA) is 9.23 Å². The van der Waals surface area contributed by atoms with Crippen LogP contribution in [-0.4, -0.2) is 6.71 Å². The van der Waals surface area contributed by atoms with E-state index in [0.717, 1.165) is 11.5 Å². The first-order valence-electron chi connectivity index (χ1n) is 7.32. The van der Waals surface area contributed by atoms with Gasteiger partial charge in [-0.3, -0.25) is 0 Å². The van der Waals surface area contributed by atoms with Crippen LogP contribution in [-0.2, 0) is 0 Å². The maximum atomic E-state index is 6.22. The highest BCUT2D eigenvalue weighted by Crippen LogP contribution is 2.43. The number of benzene rings is 3.